The van der Waals surface area contributed by atoms with Crippen LogP contribution in [0.4, 0.5) is 0 Å². The van der Waals surface area contributed by atoms with E-state index in [4.69, 9.17) is 24.8 Å². The average Bonchev–Trinajstić information content (AvgIpc) is 2.93. The van der Waals surface area contributed by atoms with Gasteiger partial charge in [-0.15, -0.1) is 0 Å². The molecule has 0 aliphatic rings. The van der Waals surface area contributed by atoms with Crippen LogP contribution >= 0.6 is 0 Å². The third-order valence-electron chi connectivity index (χ3n) is 6.17. The van der Waals surface area contributed by atoms with Gasteiger partial charge in [-0.05, 0) is 37.1 Å². The van der Waals surface area contributed by atoms with Crippen LogP contribution in [0.5, 0.6) is 5.75 Å². The molecule has 0 aliphatic heterocycles. The molecule has 0 bridgehead atoms. The first-order chi connectivity index (χ1) is 18.4. The highest BCUT2D eigenvalue weighted by atomic mass is 16.5. The van der Waals surface area contributed by atoms with E-state index >= 15 is 0 Å². The van der Waals surface area contributed by atoms with Gasteiger partial charge in [-0.2, -0.15) is 0 Å². The summed E-state index contributed by atoms with van der Waals surface area (Å²) in [6.07, 6.45) is 19.8. The first-order valence-corrected chi connectivity index (χ1v) is 14.8. The van der Waals surface area contributed by atoms with E-state index in [1.165, 1.54) is 108 Å². The van der Waals surface area contributed by atoms with Gasteiger partial charge in [0.05, 0.1) is 18.8 Å². The summed E-state index contributed by atoms with van der Waals surface area (Å²) in [5, 5.41) is 26.7. The number of hydrogen-bond donors (Lipinski definition) is 3. The largest absolute Gasteiger partial charge is 0.508 e. The summed E-state index contributed by atoms with van der Waals surface area (Å²) in [5.41, 5.74) is 0.464. The van der Waals surface area contributed by atoms with Crippen LogP contribution < -0.4 is 0 Å². The van der Waals surface area contributed by atoms with Gasteiger partial charge >= 0.3 is 11.9 Å². The van der Waals surface area contributed by atoms with Gasteiger partial charge in [0.2, 0.25) is 0 Å². The van der Waals surface area contributed by atoms with Crippen LogP contribution in [0.25, 0.3) is 0 Å². The standard InChI is InChI=1S/C21H42O4.C10H12O3/c1-2-3-4-5-6-7-8-9-10-11-12-13-14-15-16-17-21(24)25-19-20(23)18-22;1-2-7-13-10(12)8-3-5-9(11)6-4-8/h20,22-23H,2-19H2,1H3;3-6,11H,2,7H2,1H3. The minimum atomic E-state index is -0.954. The van der Waals surface area contributed by atoms with Gasteiger partial charge in [-0.25, -0.2) is 4.79 Å². The number of carbonyl (C=O) groups excluding carboxylic acids is 2. The Hall–Kier alpha value is -2.12. The molecule has 7 heteroatoms. The van der Waals surface area contributed by atoms with Crippen LogP contribution in [0.1, 0.15) is 133 Å². The van der Waals surface area contributed by atoms with E-state index < -0.39 is 6.10 Å². The van der Waals surface area contributed by atoms with Gasteiger partial charge in [0.1, 0.15) is 18.5 Å². The highest BCUT2D eigenvalue weighted by Crippen LogP contribution is 2.14. The van der Waals surface area contributed by atoms with Crippen LogP contribution in [0.3, 0.4) is 0 Å². The van der Waals surface area contributed by atoms with Crippen molar-refractivity contribution >= 4 is 11.9 Å². The normalized spacial score (nSPS) is 11.4. The van der Waals surface area contributed by atoms with E-state index in [0.29, 0.717) is 18.6 Å². The number of aliphatic hydroxyl groups is 2. The van der Waals surface area contributed by atoms with Crippen LogP contribution in [0.15, 0.2) is 24.3 Å². The van der Waals surface area contributed by atoms with E-state index in [0.717, 1.165) is 19.3 Å². The van der Waals surface area contributed by atoms with E-state index in [2.05, 4.69) is 6.92 Å². The van der Waals surface area contributed by atoms with E-state index in [9.17, 15) is 9.59 Å². The Morgan fingerprint density at radius 2 is 1.18 bits per heavy atom. The Morgan fingerprint density at radius 1 is 0.711 bits per heavy atom. The van der Waals surface area contributed by atoms with Crippen molar-refractivity contribution in [3.05, 3.63) is 29.8 Å². The van der Waals surface area contributed by atoms with Gasteiger partial charge in [-0.3, -0.25) is 4.79 Å². The van der Waals surface area contributed by atoms with Crippen LogP contribution in [0, 0.1) is 0 Å². The number of aliphatic hydroxyl groups excluding tert-OH is 2. The Balaban J connectivity index is 0.000000875. The summed E-state index contributed by atoms with van der Waals surface area (Å²) < 4.78 is 9.76. The first-order valence-electron chi connectivity index (χ1n) is 14.8. The summed E-state index contributed by atoms with van der Waals surface area (Å²) in [4.78, 5) is 22.6. The van der Waals surface area contributed by atoms with Gasteiger partial charge in [0, 0.05) is 6.42 Å². The van der Waals surface area contributed by atoms with Crippen molar-refractivity contribution < 1.29 is 34.4 Å². The van der Waals surface area contributed by atoms with Crippen molar-refractivity contribution in [2.45, 2.75) is 129 Å². The lowest BCUT2D eigenvalue weighted by atomic mass is 10.0. The molecule has 1 aromatic rings. The quantitative estimate of drug-likeness (QED) is 0.107. The molecule has 0 saturated heterocycles. The molecule has 0 fully saturated rings. The average molecular weight is 539 g/mol. The van der Waals surface area contributed by atoms with Crippen LogP contribution in [-0.4, -0.2) is 53.2 Å². The number of unbranched alkanes of at least 4 members (excludes halogenated alkanes) is 14. The molecular formula is C31H54O7. The predicted octanol–water partition coefficient (Wildman–Crippen LogP) is 7.10. The second-order valence-corrected chi connectivity index (χ2v) is 9.90. The summed E-state index contributed by atoms with van der Waals surface area (Å²) in [7, 11) is 0. The molecule has 0 aliphatic carbocycles. The molecule has 0 radical (unpaired) electrons. The fourth-order valence-corrected chi connectivity index (χ4v) is 3.83. The fraction of sp³-hybridized carbons (Fsp3) is 0.742. The van der Waals surface area contributed by atoms with Crippen molar-refractivity contribution in [2.24, 2.45) is 0 Å². The molecule has 0 saturated carbocycles. The molecule has 0 spiro atoms. The molecule has 220 valence electrons. The number of hydrogen-bond acceptors (Lipinski definition) is 7. The zero-order valence-electron chi connectivity index (χ0n) is 24.0. The summed E-state index contributed by atoms with van der Waals surface area (Å²) in [6.45, 7) is 4.16. The Labute approximate surface area is 230 Å². The topological polar surface area (TPSA) is 113 Å². The summed E-state index contributed by atoms with van der Waals surface area (Å²) in [6, 6.07) is 5.99. The van der Waals surface area contributed by atoms with Gasteiger partial charge in [0.15, 0.2) is 0 Å². The smallest absolute Gasteiger partial charge is 0.338 e. The molecule has 1 unspecified atom stereocenters. The number of rotatable bonds is 22. The molecule has 1 atom stereocenters. The van der Waals surface area contributed by atoms with E-state index in [-0.39, 0.29) is 30.9 Å². The maximum atomic E-state index is 11.4. The summed E-state index contributed by atoms with van der Waals surface area (Å²) in [5.74, 6) is -0.476. The Kier molecular flexibility index (Phi) is 25.0. The van der Waals surface area contributed by atoms with E-state index in [1.807, 2.05) is 6.92 Å². The van der Waals surface area contributed by atoms with Crippen molar-refractivity contribution in [3.8, 4) is 5.75 Å². The third kappa shape index (κ3) is 23.0. The second-order valence-electron chi connectivity index (χ2n) is 9.90. The van der Waals surface area contributed by atoms with Gasteiger partial charge in [-0.1, -0.05) is 104 Å². The minimum absolute atomic E-state index is 0.103. The molecule has 38 heavy (non-hydrogen) atoms. The van der Waals surface area contributed by atoms with E-state index in [1.54, 1.807) is 0 Å². The number of phenolic OH excluding ortho intramolecular Hbond substituents is 1. The molecule has 0 aromatic heterocycles. The second kappa shape index (κ2) is 26.5. The maximum Gasteiger partial charge on any atom is 0.338 e. The molecule has 7 nitrogen and oxygen atoms in total. The molecule has 0 heterocycles. The minimum Gasteiger partial charge on any atom is -0.508 e. The number of carbonyl (C=O) groups is 2. The van der Waals surface area contributed by atoms with Gasteiger partial charge < -0.3 is 24.8 Å². The monoisotopic (exact) mass is 538 g/mol. The highest BCUT2D eigenvalue weighted by molar-refractivity contribution is 5.89. The first kappa shape index (κ1) is 35.9. The zero-order valence-corrected chi connectivity index (χ0v) is 24.0. The third-order valence-corrected chi connectivity index (χ3v) is 6.17. The molecule has 1 aromatic carbocycles. The van der Waals surface area contributed by atoms with Crippen LogP contribution in [-0.2, 0) is 14.3 Å². The fourth-order valence-electron chi connectivity index (χ4n) is 3.83. The SMILES string of the molecule is CCCCCCCCCCCCCCCCCC(=O)OCC(O)CO.CCCOC(=O)c1ccc(O)cc1. The highest BCUT2D eigenvalue weighted by Gasteiger charge is 2.07. The van der Waals surface area contributed by atoms with Crippen molar-refractivity contribution in [2.75, 3.05) is 19.8 Å². The van der Waals surface area contributed by atoms with Crippen molar-refractivity contribution in [3.63, 3.8) is 0 Å². The lowest BCUT2D eigenvalue weighted by Gasteiger charge is -2.08. The summed E-state index contributed by atoms with van der Waals surface area (Å²) >= 11 is 0. The molecule has 3 N–H and O–H groups in total. The Morgan fingerprint density at radius 3 is 1.63 bits per heavy atom. The lowest BCUT2D eigenvalue weighted by Crippen LogP contribution is -2.21. The van der Waals surface area contributed by atoms with Gasteiger partial charge in [0.25, 0.3) is 0 Å². The number of benzene rings is 1. The molecular weight excluding hydrogens is 484 g/mol. The predicted molar refractivity (Wildman–Crippen MR) is 152 cm³/mol. The lowest BCUT2D eigenvalue weighted by molar-refractivity contribution is -0.147. The van der Waals surface area contributed by atoms with Crippen molar-refractivity contribution in [1.29, 1.82) is 0 Å². The number of ether oxygens (including phenoxy) is 2. The Bertz CT molecular complexity index is 675. The number of aromatic hydroxyl groups is 1. The zero-order chi connectivity index (χ0) is 28.3. The van der Waals surface area contributed by atoms with Crippen molar-refractivity contribution in [1.82, 2.24) is 0 Å². The molecule has 0 amide bonds. The maximum absolute atomic E-state index is 11.4. The molecule has 1 rings (SSSR count). The number of esters is 2. The van der Waals surface area contributed by atoms with Crippen LogP contribution in [0.2, 0.25) is 0 Å². The number of phenols is 1.